The molecule has 0 radical (unpaired) electrons. The minimum absolute atomic E-state index is 0.0257. The van der Waals surface area contributed by atoms with Crippen LogP contribution in [0.1, 0.15) is 26.7 Å². The fourth-order valence-electron chi connectivity index (χ4n) is 1.13. The molecule has 0 heterocycles. The second-order valence-corrected chi connectivity index (χ2v) is 2.96. The van der Waals surface area contributed by atoms with E-state index in [1.807, 2.05) is 11.8 Å². The average molecular weight is 187 g/mol. The molecular formula is C9H21N3O. The predicted octanol–water partition coefficient (Wildman–Crippen LogP) is 0.777. The first-order valence-electron chi connectivity index (χ1n) is 4.99. The fraction of sp³-hybridized carbons (Fsp3) is 0.889. The van der Waals surface area contributed by atoms with Crippen molar-refractivity contribution in [1.82, 2.24) is 10.2 Å². The van der Waals surface area contributed by atoms with Crippen LogP contribution in [-0.2, 0) is 0 Å². The second kappa shape index (κ2) is 7.86. The Hall–Kier alpha value is -0.770. The van der Waals surface area contributed by atoms with Crippen LogP contribution < -0.4 is 11.1 Å². The highest BCUT2D eigenvalue weighted by molar-refractivity contribution is 5.74. The maximum absolute atomic E-state index is 11.4. The maximum Gasteiger partial charge on any atom is 0.317 e. The molecular weight excluding hydrogens is 166 g/mol. The van der Waals surface area contributed by atoms with Crippen LogP contribution in [0, 0.1) is 0 Å². The van der Waals surface area contributed by atoms with Crippen molar-refractivity contribution < 1.29 is 4.79 Å². The van der Waals surface area contributed by atoms with Crippen LogP contribution >= 0.6 is 0 Å². The van der Waals surface area contributed by atoms with Crippen molar-refractivity contribution in [2.45, 2.75) is 26.7 Å². The van der Waals surface area contributed by atoms with E-state index in [4.69, 9.17) is 5.73 Å². The molecule has 0 saturated heterocycles. The minimum atomic E-state index is 0.0257. The summed E-state index contributed by atoms with van der Waals surface area (Å²) in [5.41, 5.74) is 5.39. The van der Waals surface area contributed by atoms with Gasteiger partial charge in [-0.05, 0) is 26.3 Å². The highest BCUT2D eigenvalue weighted by Gasteiger charge is 2.09. The van der Waals surface area contributed by atoms with E-state index in [0.717, 1.165) is 25.9 Å². The van der Waals surface area contributed by atoms with Gasteiger partial charge in [0, 0.05) is 19.6 Å². The first-order valence-corrected chi connectivity index (χ1v) is 4.99. The monoisotopic (exact) mass is 187 g/mol. The topological polar surface area (TPSA) is 58.4 Å². The Morgan fingerprint density at radius 2 is 2.08 bits per heavy atom. The van der Waals surface area contributed by atoms with Crippen LogP contribution in [0.3, 0.4) is 0 Å². The Balaban J connectivity index is 3.83. The number of rotatable bonds is 6. The third kappa shape index (κ3) is 5.47. The van der Waals surface area contributed by atoms with Crippen LogP contribution in [0.5, 0.6) is 0 Å². The van der Waals surface area contributed by atoms with Crippen molar-refractivity contribution in [3.63, 3.8) is 0 Å². The van der Waals surface area contributed by atoms with Crippen LogP contribution in [0.25, 0.3) is 0 Å². The molecule has 0 aliphatic carbocycles. The number of nitrogens with two attached hydrogens (primary N) is 1. The number of nitrogens with zero attached hydrogens (tertiary/aromatic N) is 1. The molecule has 0 fully saturated rings. The highest BCUT2D eigenvalue weighted by atomic mass is 16.2. The summed E-state index contributed by atoms with van der Waals surface area (Å²) in [7, 11) is 0. The molecule has 0 bridgehead atoms. The minimum Gasteiger partial charge on any atom is -0.338 e. The third-order valence-corrected chi connectivity index (χ3v) is 1.74. The summed E-state index contributed by atoms with van der Waals surface area (Å²) >= 11 is 0. The predicted molar refractivity (Wildman–Crippen MR) is 54.6 cm³/mol. The number of nitrogens with one attached hydrogen (secondary N) is 1. The molecule has 0 saturated carbocycles. The zero-order valence-electron chi connectivity index (χ0n) is 8.68. The number of amides is 2. The summed E-state index contributed by atoms with van der Waals surface area (Å²) in [6.45, 7) is 6.88. The number of hydrogen-bond donors (Lipinski definition) is 2. The van der Waals surface area contributed by atoms with Crippen molar-refractivity contribution in [2.75, 3.05) is 26.2 Å². The lowest BCUT2D eigenvalue weighted by Gasteiger charge is -2.21. The molecule has 0 aromatic rings. The van der Waals surface area contributed by atoms with Gasteiger partial charge in [0.1, 0.15) is 0 Å². The van der Waals surface area contributed by atoms with E-state index in [2.05, 4.69) is 12.2 Å². The molecule has 0 aliphatic rings. The third-order valence-electron chi connectivity index (χ3n) is 1.74. The first kappa shape index (κ1) is 12.2. The summed E-state index contributed by atoms with van der Waals surface area (Å²) in [6.07, 6.45) is 1.86. The molecule has 4 heteroatoms. The molecule has 2 amide bonds. The van der Waals surface area contributed by atoms with Crippen LogP contribution in [0.4, 0.5) is 4.79 Å². The molecule has 0 spiro atoms. The Bertz CT molecular complexity index is 139. The normalized spacial score (nSPS) is 9.77. The Morgan fingerprint density at radius 3 is 2.54 bits per heavy atom. The first-order chi connectivity index (χ1) is 6.26. The van der Waals surface area contributed by atoms with Gasteiger partial charge in [0.2, 0.25) is 0 Å². The van der Waals surface area contributed by atoms with Gasteiger partial charge in [0.15, 0.2) is 0 Å². The van der Waals surface area contributed by atoms with Gasteiger partial charge in [-0.25, -0.2) is 4.79 Å². The van der Waals surface area contributed by atoms with E-state index in [1.165, 1.54) is 0 Å². The van der Waals surface area contributed by atoms with Crippen LogP contribution in [0.2, 0.25) is 0 Å². The van der Waals surface area contributed by atoms with Gasteiger partial charge in [0.25, 0.3) is 0 Å². The molecule has 0 unspecified atom stereocenters. The summed E-state index contributed by atoms with van der Waals surface area (Å²) in [6, 6.07) is 0.0257. The van der Waals surface area contributed by atoms with Gasteiger partial charge in [0.05, 0.1) is 0 Å². The molecule has 0 rings (SSSR count). The second-order valence-electron chi connectivity index (χ2n) is 2.96. The van der Waals surface area contributed by atoms with Crippen molar-refractivity contribution in [3.05, 3.63) is 0 Å². The van der Waals surface area contributed by atoms with E-state index in [9.17, 15) is 4.79 Å². The average Bonchev–Trinajstić information content (AvgIpc) is 2.12. The van der Waals surface area contributed by atoms with Crippen LogP contribution in [-0.4, -0.2) is 37.1 Å². The number of hydrogen-bond acceptors (Lipinski definition) is 2. The zero-order valence-corrected chi connectivity index (χ0v) is 8.68. The summed E-state index contributed by atoms with van der Waals surface area (Å²) in [5.74, 6) is 0. The molecule has 3 N–H and O–H groups in total. The number of carbonyl (C=O) groups excluding carboxylic acids is 1. The van der Waals surface area contributed by atoms with Gasteiger partial charge >= 0.3 is 6.03 Å². The smallest absolute Gasteiger partial charge is 0.317 e. The van der Waals surface area contributed by atoms with E-state index in [1.54, 1.807) is 0 Å². The standard InChI is InChI=1S/C9H21N3O/c1-3-7-12(8-5-6-10)9(13)11-4-2/h3-8,10H2,1-2H3,(H,11,13). The Labute approximate surface area is 80.5 Å². The lowest BCUT2D eigenvalue weighted by Crippen LogP contribution is -2.41. The molecule has 78 valence electrons. The Morgan fingerprint density at radius 1 is 1.38 bits per heavy atom. The molecule has 0 aromatic heterocycles. The zero-order chi connectivity index (χ0) is 10.1. The van der Waals surface area contributed by atoms with Gasteiger partial charge in [-0.1, -0.05) is 6.92 Å². The number of carbonyl (C=O) groups is 1. The van der Waals surface area contributed by atoms with Crippen LogP contribution in [0.15, 0.2) is 0 Å². The number of urea groups is 1. The summed E-state index contributed by atoms with van der Waals surface area (Å²) in [4.78, 5) is 13.2. The van der Waals surface area contributed by atoms with Gasteiger partial charge < -0.3 is 16.0 Å². The van der Waals surface area contributed by atoms with Gasteiger partial charge in [-0.3, -0.25) is 0 Å². The SMILES string of the molecule is CCCN(CCCN)C(=O)NCC. The fourth-order valence-corrected chi connectivity index (χ4v) is 1.13. The van der Waals surface area contributed by atoms with Crippen molar-refractivity contribution in [1.29, 1.82) is 0 Å². The van der Waals surface area contributed by atoms with Gasteiger partial charge in [-0.15, -0.1) is 0 Å². The van der Waals surface area contributed by atoms with E-state index < -0.39 is 0 Å². The van der Waals surface area contributed by atoms with Crippen molar-refractivity contribution in [2.24, 2.45) is 5.73 Å². The molecule has 4 nitrogen and oxygen atoms in total. The summed E-state index contributed by atoms with van der Waals surface area (Å²) in [5, 5.41) is 2.79. The molecule has 0 aromatic carbocycles. The molecule has 13 heavy (non-hydrogen) atoms. The maximum atomic E-state index is 11.4. The highest BCUT2D eigenvalue weighted by Crippen LogP contribution is 1.94. The Kier molecular flexibility index (Phi) is 7.39. The van der Waals surface area contributed by atoms with Crippen molar-refractivity contribution >= 4 is 6.03 Å². The van der Waals surface area contributed by atoms with E-state index in [0.29, 0.717) is 13.1 Å². The lowest BCUT2D eigenvalue weighted by molar-refractivity contribution is 0.198. The largest absolute Gasteiger partial charge is 0.338 e. The molecule has 0 atom stereocenters. The molecule has 0 aliphatic heterocycles. The lowest BCUT2D eigenvalue weighted by atomic mass is 10.3. The van der Waals surface area contributed by atoms with Gasteiger partial charge in [-0.2, -0.15) is 0 Å². The summed E-state index contributed by atoms with van der Waals surface area (Å²) < 4.78 is 0. The van der Waals surface area contributed by atoms with E-state index in [-0.39, 0.29) is 6.03 Å². The van der Waals surface area contributed by atoms with E-state index >= 15 is 0 Å². The quantitative estimate of drug-likeness (QED) is 0.645. The van der Waals surface area contributed by atoms with Crippen molar-refractivity contribution in [3.8, 4) is 0 Å².